The van der Waals surface area contributed by atoms with Crippen LogP contribution in [0.15, 0.2) is 54.6 Å². The minimum Gasteiger partial charge on any atom is -0.372 e. The molecule has 0 saturated carbocycles. The van der Waals surface area contributed by atoms with Crippen molar-refractivity contribution in [2.45, 2.75) is 32.3 Å². The maximum atomic E-state index is 12.3. The highest BCUT2D eigenvalue weighted by molar-refractivity contribution is 6.39. The summed E-state index contributed by atoms with van der Waals surface area (Å²) >= 11 is 0. The number of hydrogen-bond donors (Lipinski definition) is 2. The van der Waals surface area contributed by atoms with Gasteiger partial charge in [0, 0.05) is 12.8 Å². The Balaban J connectivity index is 2.05. The second-order valence-corrected chi connectivity index (χ2v) is 6.07. The van der Waals surface area contributed by atoms with E-state index < -0.39 is 17.4 Å². The third-order valence-corrected chi connectivity index (χ3v) is 4.65. The molecule has 0 aliphatic rings. The van der Waals surface area contributed by atoms with Crippen LogP contribution in [0, 0.1) is 0 Å². The fraction of sp³-hybridized carbons (Fsp3) is 0.333. The third-order valence-electron chi connectivity index (χ3n) is 4.65. The fourth-order valence-electron chi connectivity index (χ4n) is 2.94. The van der Waals surface area contributed by atoms with Crippen molar-refractivity contribution >= 4 is 17.5 Å². The highest BCUT2D eigenvalue weighted by Gasteiger charge is 2.31. The first-order valence-corrected chi connectivity index (χ1v) is 8.84. The predicted molar refractivity (Wildman–Crippen MR) is 103 cm³/mol. The van der Waals surface area contributed by atoms with Crippen LogP contribution in [-0.4, -0.2) is 25.5 Å². The number of aryl methyl sites for hydroxylation is 1. The first-order valence-electron chi connectivity index (χ1n) is 8.84. The highest BCUT2D eigenvalue weighted by atomic mass is 16.5. The van der Waals surface area contributed by atoms with Gasteiger partial charge in [0.2, 0.25) is 0 Å². The zero-order valence-electron chi connectivity index (χ0n) is 15.5. The quantitative estimate of drug-likeness (QED) is 0.750. The molecule has 0 fully saturated rings. The zero-order chi connectivity index (χ0) is 19.0. The van der Waals surface area contributed by atoms with E-state index in [4.69, 9.17) is 4.74 Å². The summed E-state index contributed by atoms with van der Waals surface area (Å²) in [6.45, 7) is 4.20. The molecule has 2 aromatic rings. The largest absolute Gasteiger partial charge is 0.372 e. The van der Waals surface area contributed by atoms with E-state index in [1.807, 2.05) is 62.4 Å². The van der Waals surface area contributed by atoms with Crippen LogP contribution >= 0.6 is 0 Å². The van der Waals surface area contributed by atoms with Crippen LogP contribution in [0.25, 0.3) is 0 Å². The van der Waals surface area contributed by atoms with Crippen LogP contribution in [-0.2, 0) is 26.3 Å². The summed E-state index contributed by atoms with van der Waals surface area (Å²) in [5, 5.41) is 5.39. The summed E-state index contributed by atoms with van der Waals surface area (Å²) < 4.78 is 5.71. The second kappa shape index (κ2) is 9.15. The molecular weight excluding hydrogens is 328 g/mol. The average Bonchev–Trinajstić information content (AvgIpc) is 2.70. The first-order chi connectivity index (χ1) is 12.6. The van der Waals surface area contributed by atoms with E-state index in [1.54, 1.807) is 13.2 Å². The van der Waals surface area contributed by atoms with E-state index in [-0.39, 0.29) is 6.54 Å². The Bertz CT molecular complexity index is 740. The molecule has 0 aliphatic carbocycles. The van der Waals surface area contributed by atoms with Gasteiger partial charge < -0.3 is 15.4 Å². The Labute approximate surface area is 154 Å². The Kier molecular flexibility index (Phi) is 6.92. The molecule has 2 rings (SSSR count). The Hall–Kier alpha value is -2.66. The molecule has 26 heavy (non-hydrogen) atoms. The summed E-state index contributed by atoms with van der Waals surface area (Å²) in [7, 11) is 1.61. The van der Waals surface area contributed by atoms with Gasteiger partial charge in [-0.3, -0.25) is 9.59 Å². The van der Waals surface area contributed by atoms with Gasteiger partial charge in [0.1, 0.15) is 5.60 Å². The van der Waals surface area contributed by atoms with Crippen molar-refractivity contribution in [3.63, 3.8) is 0 Å². The van der Waals surface area contributed by atoms with E-state index in [0.29, 0.717) is 12.1 Å². The number of hydrogen-bond acceptors (Lipinski definition) is 3. The van der Waals surface area contributed by atoms with Gasteiger partial charge in [0.25, 0.3) is 0 Å². The van der Waals surface area contributed by atoms with Gasteiger partial charge in [-0.15, -0.1) is 0 Å². The predicted octanol–water partition coefficient (Wildman–Crippen LogP) is 3.26. The van der Waals surface area contributed by atoms with Crippen LogP contribution in [0.1, 0.15) is 31.4 Å². The van der Waals surface area contributed by atoms with Crippen molar-refractivity contribution in [3.8, 4) is 0 Å². The van der Waals surface area contributed by atoms with Gasteiger partial charge in [-0.25, -0.2) is 0 Å². The van der Waals surface area contributed by atoms with E-state index in [9.17, 15) is 9.59 Å². The number of para-hydroxylation sites is 1. The molecule has 0 radical (unpaired) electrons. The molecule has 2 N–H and O–H groups in total. The lowest BCUT2D eigenvalue weighted by Crippen LogP contribution is -2.45. The number of methoxy groups -OCH3 is 1. The summed E-state index contributed by atoms with van der Waals surface area (Å²) in [5.74, 6) is -1.36. The molecule has 5 nitrogen and oxygen atoms in total. The van der Waals surface area contributed by atoms with E-state index in [2.05, 4.69) is 10.6 Å². The Morgan fingerprint density at radius 1 is 0.962 bits per heavy atom. The Morgan fingerprint density at radius 2 is 1.62 bits per heavy atom. The van der Waals surface area contributed by atoms with Crippen LogP contribution in [0.5, 0.6) is 0 Å². The molecule has 2 amide bonds. The summed E-state index contributed by atoms with van der Waals surface area (Å²) in [4.78, 5) is 24.5. The molecule has 2 aromatic carbocycles. The first kappa shape index (κ1) is 19.7. The third kappa shape index (κ3) is 4.49. The second-order valence-electron chi connectivity index (χ2n) is 6.07. The number of rotatable bonds is 7. The minimum atomic E-state index is -0.680. The lowest BCUT2D eigenvalue weighted by Gasteiger charge is -2.32. The van der Waals surface area contributed by atoms with Gasteiger partial charge in [-0.2, -0.15) is 0 Å². The molecular formula is C21H26N2O3. The summed E-state index contributed by atoms with van der Waals surface area (Å²) in [6.07, 6.45) is 1.43. The summed E-state index contributed by atoms with van der Waals surface area (Å²) in [5.41, 5.74) is 1.94. The number of carbonyl (C=O) groups is 2. The van der Waals surface area contributed by atoms with Crippen molar-refractivity contribution in [1.82, 2.24) is 5.32 Å². The molecule has 138 valence electrons. The van der Waals surface area contributed by atoms with Crippen molar-refractivity contribution in [2.75, 3.05) is 19.0 Å². The topological polar surface area (TPSA) is 67.4 Å². The van der Waals surface area contributed by atoms with Crippen molar-refractivity contribution < 1.29 is 14.3 Å². The maximum absolute atomic E-state index is 12.3. The number of amides is 2. The lowest BCUT2D eigenvalue weighted by atomic mass is 9.90. The molecule has 0 saturated heterocycles. The van der Waals surface area contributed by atoms with E-state index in [1.165, 1.54) is 0 Å². The molecule has 0 aliphatic heterocycles. The van der Waals surface area contributed by atoms with Crippen molar-refractivity contribution in [1.29, 1.82) is 0 Å². The number of benzene rings is 2. The van der Waals surface area contributed by atoms with Crippen molar-refractivity contribution in [3.05, 3.63) is 65.7 Å². The van der Waals surface area contributed by atoms with Crippen LogP contribution in [0.4, 0.5) is 5.69 Å². The van der Waals surface area contributed by atoms with Gasteiger partial charge in [-0.05, 0) is 30.0 Å². The van der Waals surface area contributed by atoms with E-state index >= 15 is 0 Å². The summed E-state index contributed by atoms with van der Waals surface area (Å²) in [6, 6.07) is 17.1. The number of nitrogens with one attached hydrogen (secondary N) is 2. The molecule has 0 bridgehead atoms. The molecule has 0 heterocycles. The molecule has 0 spiro atoms. The molecule has 0 aromatic heterocycles. The molecule has 5 heteroatoms. The van der Waals surface area contributed by atoms with Gasteiger partial charge in [-0.1, -0.05) is 62.4 Å². The van der Waals surface area contributed by atoms with Gasteiger partial charge >= 0.3 is 11.8 Å². The van der Waals surface area contributed by atoms with Gasteiger partial charge in [0.15, 0.2) is 0 Å². The van der Waals surface area contributed by atoms with Crippen LogP contribution in [0.2, 0.25) is 0 Å². The zero-order valence-corrected chi connectivity index (χ0v) is 15.5. The molecule has 1 atom stereocenters. The standard InChI is InChI=1S/C21H26N2O3/c1-4-16-11-9-10-14-18(16)23-20(25)19(24)22-15-21(5-2,26-3)17-12-7-6-8-13-17/h6-14H,4-5,15H2,1-3H3,(H,22,24)(H,23,25). The highest BCUT2D eigenvalue weighted by Crippen LogP contribution is 2.28. The van der Waals surface area contributed by atoms with Gasteiger partial charge in [0.05, 0.1) is 6.54 Å². The number of anilines is 1. The number of carbonyl (C=O) groups excluding carboxylic acids is 2. The van der Waals surface area contributed by atoms with E-state index in [0.717, 1.165) is 17.5 Å². The van der Waals surface area contributed by atoms with Crippen molar-refractivity contribution in [2.24, 2.45) is 0 Å². The number of ether oxygens (including phenoxy) is 1. The SMILES string of the molecule is CCc1ccccc1NC(=O)C(=O)NCC(CC)(OC)c1ccccc1. The van der Waals surface area contributed by atoms with Crippen LogP contribution < -0.4 is 10.6 Å². The molecule has 1 unspecified atom stereocenters. The van der Waals surface area contributed by atoms with Crippen LogP contribution in [0.3, 0.4) is 0 Å². The fourth-order valence-corrected chi connectivity index (χ4v) is 2.94. The lowest BCUT2D eigenvalue weighted by molar-refractivity contribution is -0.137. The smallest absolute Gasteiger partial charge is 0.313 e. The Morgan fingerprint density at radius 3 is 2.23 bits per heavy atom. The normalized spacial score (nSPS) is 12.9. The maximum Gasteiger partial charge on any atom is 0.313 e. The monoisotopic (exact) mass is 354 g/mol. The average molecular weight is 354 g/mol. The minimum absolute atomic E-state index is 0.214.